The van der Waals surface area contributed by atoms with Gasteiger partial charge in [-0.25, -0.2) is 0 Å². The van der Waals surface area contributed by atoms with Crippen LogP contribution in [0.2, 0.25) is 0 Å². The van der Waals surface area contributed by atoms with Crippen molar-refractivity contribution in [2.75, 3.05) is 20.1 Å². The van der Waals surface area contributed by atoms with Gasteiger partial charge in [0, 0.05) is 18.6 Å². The van der Waals surface area contributed by atoms with E-state index in [4.69, 9.17) is 0 Å². The Labute approximate surface area is 114 Å². The zero-order valence-electron chi connectivity index (χ0n) is 12.1. The van der Waals surface area contributed by atoms with E-state index in [0.29, 0.717) is 6.04 Å². The predicted molar refractivity (Wildman–Crippen MR) is 72.3 cm³/mol. The summed E-state index contributed by atoms with van der Waals surface area (Å²) in [6.45, 7) is 3.18. The van der Waals surface area contributed by atoms with Gasteiger partial charge in [0.05, 0.1) is 6.42 Å². The van der Waals surface area contributed by atoms with E-state index in [-0.39, 0.29) is 12.6 Å². The lowest BCUT2D eigenvalue weighted by Crippen LogP contribution is -2.49. The highest BCUT2D eigenvalue weighted by Gasteiger charge is 2.31. The molecule has 0 aromatic rings. The first kappa shape index (κ1) is 16.8. The van der Waals surface area contributed by atoms with E-state index in [1.807, 2.05) is 11.9 Å². The molecule has 0 bridgehead atoms. The van der Waals surface area contributed by atoms with Crippen LogP contribution < -0.4 is 5.32 Å². The zero-order valence-corrected chi connectivity index (χ0v) is 12.1. The quantitative estimate of drug-likeness (QED) is 0.748. The van der Waals surface area contributed by atoms with E-state index in [0.717, 1.165) is 32.2 Å². The van der Waals surface area contributed by atoms with Crippen molar-refractivity contribution in [3.63, 3.8) is 0 Å². The Kier molecular flexibility index (Phi) is 7.15. The van der Waals surface area contributed by atoms with Crippen molar-refractivity contribution in [3.05, 3.63) is 0 Å². The minimum atomic E-state index is -4.05. The van der Waals surface area contributed by atoms with E-state index in [1.165, 1.54) is 12.8 Å². The van der Waals surface area contributed by atoms with Crippen molar-refractivity contribution in [1.29, 1.82) is 0 Å². The Morgan fingerprint density at radius 2 is 1.84 bits per heavy atom. The third kappa shape index (κ3) is 6.61. The van der Waals surface area contributed by atoms with Crippen LogP contribution in [0.25, 0.3) is 0 Å². The lowest BCUT2D eigenvalue weighted by Gasteiger charge is -2.34. The molecule has 0 radical (unpaired) electrons. The molecule has 0 saturated heterocycles. The van der Waals surface area contributed by atoms with Crippen LogP contribution in [0, 0.1) is 0 Å². The number of nitrogens with zero attached hydrogens (tertiary/aromatic N) is 1. The van der Waals surface area contributed by atoms with E-state index in [1.54, 1.807) is 0 Å². The SMILES string of the molecule is CCCNC1CCCCCC1N(C)CCC(F)(F)F. The number of hydrogen-bond acceptors (Lipinski definition) is 2. The monoisotopic (exact) mass is 280 g/mol. The average Bonchev–Trinajstić information content (AvgIpc) is 2.57. The number of halogens is 3. The standard InChI is InChI=1S/C14H27F3N2/c1-3-10-18-12-7-5-4-6-8-13(12)19(2)11-9-14(15,16)17/h12-13,18H,3-11H2,1-2H3. The molecule has 2 nitrogen and oxygen atoms in total. The summed E-state index contributed by atoms with van der Waals surface area (Å²) >= 11 is 0. The highest BCUT2D eigenvalue weighted by Crippen LogP contribution is 2.24. The summed E-state index contributed by atoms with van der Waals surface area (Å²) in [6.07, 6.45) is 1.92. The van der Waals surface area contributed by atoms with Gasteiger partial charge in [0.25, 0.3) is 0 Å². The van der Waals surface area contributed by atoms with E-state index < -0.39 is 12.6 Å². The van der Waals surface area contributed by atoms with Crippen LogP contribution in [-0.4, -0.2) is 43.3 Å². The van der Waals surface area contributed by atoms with Gasteiger partial charge in [0.2, 0.25) is 0 Å². The van der Waals surface area contributed by atoms with Gasteiger partial charge in [-0.05, 0) is 32.9 Å². The van der Waals surface area contributed by atoms with Crippen LogP contribution in [0.15, 0.2) is 0 Å². The first-order valence-corrected chi connectivity index (χ1v) is 7.44. The summed E-state index contributed by atoms with van der Waals surface area (Å²) < 4.78 is 37.0. The van der Waals surface area contributed by atoms with Gasteiger partial charge in [-0.2, -0.15) is 13.2 Å². The first-order chi connectivity index (χ1) is 8.94. The van der Waals surface area contributed by atoms with Crippen LogP contribution in [0.1, 0.15) is 51.9 Å². The van der Waals surface area contributed by atoms with E-state index in [2.05, 4.69) is 12.2 Å². The third-order valence-electron chi connectivity index (χ3n) is 3.95. The summed E-state index contributed by atoms with van der Waals surface area (Å²) in [6, 6.07) is 0.595. The van der Waals surface area contributed by atoms with Crippen molar-refractivity contribution in [1.82, 2.24) is 10.2 Å². The number of alkyl halides is 3. The normalized spacial score (nSPS) is 25.6. The van der Waals surface area contributed by atoms with Gasteiger partial charge in [-0.3, -0.25) is 0 Å². The van der Waals surface area contributed by atoms with Crippen LogP contribution >= 0.6 is 0 Å². The Morgan fingerprint density at radius 3 is 2.47 bits per heavy atom. The molecule has 1 rings (SSSR count). The Morgan fingerprint density at radius 1 is 1.16 bits per heavy atom. The summed E-state index contributed by atoms with van der Waals surface area (Å²) in [5.41, 5.74) is 0. The first-order valence-electron chi connectivity index (χ1n) is 7.44. The van der Waals surface area contributed by atoms with Crippen molar-refractivity contribution in [2.24, 2.45) is 0 Å². The summed E-state index contributed by atoms with van der Waals surface area (Å²) in [5, 5.41) is 3.52. The molecule has 0 aromatic heterocycles. The van der Waals surface area contributed by atoms with Gasteiger partial charge in [0.15, 0.2) is 0 Å². The molecule has 114 valence electrons. The maximum Gasteiger partial charge on any atom is 0.390 e. The minimum Gasteiger partial charge on any atom is -0.312 e. The van der Waals surface area contributed by atoms with Crippen LogP contribution in [0.3, 0.4) is 0 Å². The lowest BCUT2D eigenvalue weighted by molar-refractivity contribution is -0.138. The molecule has 0 amide bonds. The molecule has 1 fully saturated rings. The van der Waals surface area contributed by atoms with Crippen molar-refractivity contribution in [2.45, 2.75) is 70.1 Å². The Balaban J connectivity index is 2.52. The molecular weight excluding hydrogens is 253 g/mol. The number of likely N-dealkylation sites (N-methyl/N-ethyl adjacent to an activating group) is 1. The molecule has 2 unspecified atom stereocenters. The van der Waals surface area contributed by atoms with E-state index >= 15 is 0 Å². The highest BCUT2D eigenvalue weighted by atomic mass is 19.4. The summed E-state index contributed by atoms with van der Waals surface area (Å²) in [5.74, 6) is 0. The third-order valence-corrected chi connectivity index (χ3v) is 3.95. The molecule has 1 saturated carbocycles. The average molecular weight is 280 g/mol. The molecule has 1 N–H and O–H groups in total. The molecule has 0 spiro atoms. The van der Waals surface area contributed by atoms with Gasteiger partial charge in [-0.15, -0.1) is 0 Å². The number of rotatable bonds is 6. The molecule has 0 aromatic carbocycles. The van der Waals surface area contributed by atoms with Crippen LogP contribution in [-0.2, 0) is 0 Å². The molecule has 1 aliphatic rings. The highest BCUT2D eigenvalue weighted by molar-refractivity contribution is 4.86. The topological polar surface area (TPSA) is 15.3 Å². The Bertz CT molecular complexity index is 243. The summed E-state index contributed by atoms with van der Waals surface area (Å²) in [4.78, 5) is 1.91. The predicted octanol–water partition coefficient (Wildman–Crippen LogP) is 3.57. The zero-order chi connectivity index (χ0) is 14.3. The minimum absolute atomic E-state index is 0.110. The van der Waals surface area contributed by atoms with Crippen molar-refractivity contribution in [3.8, 4) is 0 Å². The molecule has 1 aliphatic carbocycles. The molecular formula is C14H27F3N2. The fourth-order valence-electron chi connectivity index (χ4n) is 2.85. The Hall–Kier alpha value is -0.290. The van der Waals surface area contributed by atoms with Crippen molar-refractivity contribution < 1.29 is 13.2 Å². The fraction of sp³-hybridized carbons (Fsp3) is 1.00. The van der Waals surface area contributed by atoms with E-state index in [9.17, 15) is 13.2 Å². The second-order valence-corrected chi connectivity index (χ2v) is 5.61. The maximum atomic E-state index is 12.3. The smallest absolute Gasteiger partial charge is 0.312 e. The van der Waals surface area contributed by atoms with Gasteiger partial charge < -0.3 is 10.2 Å². The van der Waals surface area contributed by atoms with Gasteiger partial charge in [-0.1, -0.05) is 26.2 Å². The molecule has 0 heterocycles. The van der Waals surface area contributed by atoms with Crippen LogP contribution in [0.5, 0.6) is 0 Å². The number of hydrogen-bond donors (Lipinski definition) is 1. The maximum absolute atomic E-state index is 12.3. The lowest BCUT2D eigenvalue weighted by atomic mass is 10.0. The fourth-order valence-corrected chi connectivity index (χ4v) is 2.85. The molecule has 0 aliphatic heterocycles. The molecule has 19 heavy (non-hydrogen) atoms. The van der Waals surface area contributed by atoms with Crippen molar-refractivity contribution >= 4 is 0 Å². The molecule has 5 heteroatoms. The van der Waals surface area contributed by atoms with Gasteiger partial charge in [0.1, 0.15) is 0 Å². The second kappa shape index (κ2) is 8.10. The summed E-state index contributed by atoms with van der Waals surface area (Å²) in [7, 11) is 1.84. The number of nitrogens with one attached hydrogen (secondary N) is 1. The second-order valence-electron chi connectivity index (χ2n) is 5.61. The van der Waals surface area contributed by atoms with Crippen LogP contribution in [0.4, 0.5) is 13.2 Å². The molecule has 2 atom stereocenters. The van der Waals surface area contributed by atoms with Gasteiger partial charge >= 0.3 is 6.18 Å². The largest absolute Gasteiger partial charge is 0.390 e.